The lowest BCUT2D eigenvalue weighted by Gasteiger charge is -2.13. The largest absolute Gasteiger partial charge is 0.467 e. The van der Waals surface area contributed by atoms with Gasteiger partial charge in [0.05, 0.1) is 29.6 Å². The van der Waals surface area contributed by atoms with Gasteiger partial charge in [0.25, 0.3) is 11.8 Å². The van der Waals surface area contributed by atoms with Gasteiger partial charge in [-0.15, -0.1) is 11.3 Å². The fourth-order valence-electron chi connectivity index (χ4n) is 3.50. The van der Waals surface area contributed by atoms with E-state index in [2.05, 4.69) is 27.5 Å². The van der Waals surface area contributed by atoms with Crippen LogP contribution in [0.15, 0.2) is 34.2 Å². The second kappa shape index (κ2) is 10.5. The number of carbonyl (C=O) groups is 2. The molecule has 4 rings (SSSR count). The first-order chi connectivity index (χ1) is 15.6. The molecule has 3 aromatic rings. The summed E-state index contributed by atoms with van der Waals surface area (Å²) in [5.41, 5.74) is 1.64. The van der Waals surface area contributed by atoms with Gasteiger partial charge in [-0.2, -0.15) is 0 Å². The Hall–Kier alpha value is -2.36. The van der Waals surface area contributed by atoms with E-state index in [1.807, 2.05) is 0 Å². The number of thiophene rings is 1. The molecule has 1 aliphatic rings. The number of hydrogen-bond donors (Lipinski definition) is 2. The highest BCUT2D eigenvalue weighted by Crippen LogP contribution is 2.38. The number of aromatic nitrogens is 2. The molecule has 0 spiro atoms. The summed E-state index contributed by atoms with van der Waals surface area (Å²) in [6.45, 7) is 2.34. The van der Waals surface area contributed by atoms with Gasteiger partial charge < -0.3 is 15.1 Å². The van der Waals surface area contributed by atoms with E-state index in [0.717, 1.165) is 48.3 Å². The molecule has 1 aliphatic carbocycles. The molecule has 3 heterocycles. The van der Waals surface area contributed by atoms with Crippen LogP contribution in [0.1, 0.15) is 63.2 Å². The predicted molar refractivity (Wildman–Crippen MR) is 127 cm³/mol. The van der Waals surface area contributed by atoms with Crippen LogP contribution in [-0.2, 0) is 19.4 Å². The summed E-state index contributed by atoms with van der Waals surface area (Å²) in [5, 5.41) is 7.00. The molecule has 7 nitrogen and oxygen atoms in total. The van der Waals surface area contributed by atoms with Crippen molar-refractivity contribution in [3.63, 3.8) is 0 Å². The lowest BCUT2D eigenvalue weighted by atomic mass is 9.95. The number of halogens is 1. The van der Waals surface area contributed by atoms with Crippen LogP contribution in [0.4, 0.5) is 5.00 Å². The highest BCUT2D eigenvalue weighted by molar-refractivity contribution is 7.99. The highest BCUT2D eigenvalue weighted by atomic mass is 35.5. The van der Waals surface area contributed by atoms with E-state index in [4.69, 9.17) is 16.0 Å². The van der Waals surface area contributed by atoms with E-state index in [9.17, 15) is 9.59 Å². The maximum atomic E-state index is 13.1. The van der Waals surface area contributed by atoms with Gasteiger partial charge >= 0.3 is 0 Å². The van der Waals surface area contributed by atoms with Crippen LogP contribution in [0.3, 0.4) is 0 Å². The molecule has 0 bridgehead atoms. The topological polar surface area (TPSA) is 97.1 Å². The summed E-state index contributed by atoms with van der Waals surface area (Å²) < 4.78 is 5.31. The van der Waals surface area contributed by atoms with Crippen LogP contribution in [0.25, 0.3) is 0 Å². The molecule has 0 saturated carbocycles. The van der Waals surface area contributed by atoms with E-state index in [-0.39, 0.29) is 23.2 Å². The Morgan fingerprint density at radius 2 is 2.12 bits per heavy atom. The van der Waals surface area contributed by atoms with Gasteiger partial charge in [-0.1, -0.05) is 30.3 Å². The van der Waals surface area contributed by atoms with Crippen molar-refractivity contribution >= 4 is 51.5 Å². The molecule has 0 aliphatic heterocycles. The van der Waals surface area contributed by atoms with Gasteiger partial charge in [0.2, 0.25) is 0 Å². The van der Waals surface area contributed by atoms with E-state index in [1.54, 1.807) is 18.4 Å². The maximum Gasteiger partial charge on any atom is 0.276 e. The monoisotopic (exact) mass is 490 g/mol. The third kappa shape index (κ3) is 5.16. The summed E-state index contributed by atoms with van der Waals surface area (Å²) in [7, 11) is 0. The molecule has 0 saturated heterocycles. The summed E-state index contributed by atoms with van der Waals surface area (Å²) in [4.78, 5) is 35.8. The Balaban J connectivity index is 1.58. The summed E-state index contributed by atoms with van der Waals surface area (Å²) in [6.07, 6.45) is 7.79. The molecule has 32 heavy (non-hydrogen) atoms. The van der Waals surface area contributed by atoms with Crippen molar-refractivity contribution in [2.24, 2.45) is 0 Å². The van der Waals surface area contributed by atoms with Crippen molar-refractivity contribution in [2.75, 3.05) is 11.1 Å². The molecule has 168 valence electrons. The lowest BCUT2D eigenvalue weighted by molar-refractivity contribution is 0.0948. The first-order valence-electron chi connectivity index (χ1n) is 10.5. The number of amides is 2. The highest BCUT2D eigenvalue weighted by Gasteiger charge is 2.27. The Morgan fingerprint density at radius 1 is 1.28 bits per heavy atom. The van der Waals surface area contributed by atoms with Gasteiger partial charge in [-0.05, 0) is 49.8 Å². The standard InChI is InChI=1S/C22H23ClN4O3S2/c1-2-10-31-22-25-12-15(23)18(26-22)20(29)27-21-17(14-7-3-4-8-16(14)32-21)19(28)24-11-13-6-5-9-30-13/h5-6,9,12H,2-4,7-8,10-11H2,1H3,(H,24,28)(H,27,29). The summed E-state index contributed by atoms with van der Waals surface area (Å²) in [5.74, 6) is 0.830. The van der Waals surface area contributed by atoms with E-state index in [1.165, 1.54) is 29.3 Å². The number of carbonyl (C=O) groups excluding carboxylic acids is 2. The minimum absolute atomic E-state index is 0.105. The Labute approximate surface area is 199 Å². The minimum Gasteiger partial charge on any atom is -0.467 e. The molecule has 10 heteroatoms. The van der Waals surface area contributed by atoms with Crippen molar-refractivity contribution in [1.29, 1.82) is 0 Å². The number of thioether (sulfide) groups is 1. The fraction of sp³-hybridized carbons (Fsp3) is 0.364. The Morgan fingerprint density at radius 3 is 2.91 bits per heavy atom. The summed E-state index contributed by atoms with van der Waals surface area (Å²) >= 11 is 9.14. The van der Waals surface area contributed by atoms with Crippen LogP contribution in [0, 0.1) is 0 Å². The number of anilines is 1. The van der Waals surface area contributed by atoms with Crippen molar-refractivity contribution in [1.82, 2.24) is 15.3 Å². The van der Waals surface area contributed by atoms with Gasteiger partial charge in [0.1, 0.15) is 10.8 Å². The molecule has 2 N–H and O–H groups in total. The minimum atomic E-state index is -0.450. The van der Waals surface area contributed by atoms with Crippen molar-refractivity contribution in [2.45, 2.75) is 50.7 Å². The number of hydrogen-bond acceptors (Lipinski definition) is 7. The third-order valence-corrected chi connectivity index (χ3v) is 7.55. The van der Waals surface area contributed by atoms with Crippen molar-refractivity contribution in [3.05, 3.63) is 57.1 Å². The average Bonchev–Trinajstić information content (AvgIpc) is 3.44. The van der Waals surface area contributed by atoms with Gasteiger partial charge in [0.15, 0.2) is 10.9 Å². The number of fused-ring (bicyclic) bond motifs is 1. The maximum absolute atomic E-state index is 13.1. The first-order valence-corrected chi connectivity index (χ1v) is 12.7. The number of rotatable bonds is 8. The third-order valence-electron chi connectivity index (χ3n) is 5.00. The second-order valence-corrected chi connectivity index (χ2v) is 9.90. The Bertz CT molecular complexity index is 1110. The average molecular weight is 491 g/mol. The van der Waals surface area contributed by atoms with Crippen LogP contribution < -0.4 is 10.6 Å². The number of aryl methyl sites for hydroxylation is 1. The second-order valence-electron chi connectivity index (χ2n) is 7.33. The molecule has 0 radical (unpaired) electrons. The molecule has 0 unspecified atom stereocenters. The predicted octanol–water partition coefficient (Wildman–Crippen LogP) is 5.35. The van der Waals surface area contributed by atoms with Gasteiger partial charge in [-0.25, -0.2) is 9.97 Å². The molecule has 0 fully saturated rings. The molecule has 0 aromatic carbocycles. The zero-order chi connectivity index (χ0) is 22.5. The fourth-order valence-corrected chi connectivity index (χ4v) is 5.63. The van der Waals surface area contributed by atoms with Crippen molar-refractivity contribution in [3.8, 4) is 0 Å². The smallest absolute Gasteiger partial charge is 0.276 e. The number of nitrogens with one attached hydrogen (secondary N) is 2. The van der Waals surface area contributed by atoms with E-state index in [0.29, 0.717) is 21.5 Å². The van der Waals surface area contributed by atoms with E-state index >= 15 is 0 Å². The van der Waals surface area contributed by atoms with Crippen LogP contribution in [-0.4, -0.2) is 27.5 Å². The van der Waals surface area contributed by atoms with Gasteiger partial charge in [-0.3, -0.25) is 9.59 Å². The lowest BCUT2D eigenvalue weighted by Crippen LogP contribution is -2.25. The number of nitrogens with zero attached hydrogens (tertiary/aromatic N) is 2. The quantitative estimate of drug-likeness (QED) is 0.326. The molecule has 0 atom stereocenters. The first kappa shape index (κ1) is 22.8. The molecular weight excluding hydrogens is 468 g/mol. The zero-order valence-corrected chi connectivity index (χ0v) is 20.0. The van der Waals surface area contributed by atoms with Crippen LogP contribution in [0.2, 0.25) is 5.02 Å². The normalized spacial score (nSPS) is 12.9. The SMILES string of the molecule is CCCSc1ncc(Cl)c(C(=O)Nc2sc3c(c2C(=O)NCc2ccco2)CCCC3)n1. The number of furan rings is 1. The molecule has 3 aromatic heterocycles. The van der Waals surface area contributed by atoms with E-state index < -0.39 is 5.91 Å². The van der Waals surface area contributed by atoms with Crippen molar-refractivity contribution < 1.29 is 14.0 Å². The molecular formula is C22H23ClN4O3S2. The van der Waals surface area contributed by atoms with Crippen LogP contribution in [0.5, 0.6) is 0 Å². The zero-order valence-electron chi connectivity index (χ0n) is 17.6. The molecule has 2 amide bonds. The Kier molecular flexibility index (Phi) is 7.49. The summed E-state index contributed by atoms with van der Waals surface area (Å²) in [6, 6.07) is 3.58. The van der Waals surface area contributed by atoms with Crippen LogP contribution >= 0.6 is 34.7 Å². The van der Waals surface area contributed by atoms with Gasteiger partial charge in [0, 0.05) is 10.6 Å².